The van der Waals surface area contributed by atoms with Gasteiger partial charge in [0.25, 0.3) is 4.60 Å². The van der Waals surface area contributed by atoms with E-state index in [1.165, 1.54) is 0 Å². The fraction of sp³-hybridized carbons (Fsp3) is 0.167. The van der Waals surface area contributed by atoms with E-state index in [9.17, 15) is 5.21 Å². The molecule has 0 unspecified atom stereocenters. The van der Waals surface area contributed by atoms with Crippen LogP contribution in [0.2, 0.25) is 0 Å². The van der Waals surface area contributed by atoms with Crippen molar-refractivity contribution >= 4 is 28.3 Å². The average Bonchev–Trinajstić information content (AvgIpc) is 1.83. The number of halogens is 2. The van der Waals surface area contributed by atoms with Crippen LogP contribution in [0.15, 0.2) is 22.8 Å². The second kappa shape index (κ2) is 3.78. The molecule has 0 atom stereocenters. The molecule has 0 aliphatic heterocycles. The number of nitrogens with zero attached hydrogens (tertiary/aromatic N) is 1. The SMILES string of the molecule is Cc1cccc(Br)[n+]1[O-].Cl. The summed E-state index contributed by atoms with van der Waals surface area (Å²) in [5, 5.41) is 10.8. The first-order chi connectivity index (χ1) is 4.22. The molecule has 0 N–H and O–H groups in total. The Balaban J connectivity index is 0.000000810. The average molecular weight is 224 g/mol. The van der Waals surface area contributed by atoms with Crippen LogP contribution in [0.3, 0.4) is 0 Å². The molecule has 0 aliphatic carbocycles. The lowest BCUT2D eigenvalue weighted by Crippen LogP contribution is -2.31. The van der Waals surface area contributed by atoms with Crippen LogP contribution in [-0.4, -0.2) is 0 Å². The lowest BCUT2D eigenvalue weighted by atomic mass is 10.4. The van der Waals surface area contributed by atoms with Crippen LogP contribution in [0.4, 0.5) is 0 Å². The molecule has 4 heteroatoms. The maximum Gasteiger partial charge on any atom is 0.259 e. The highest BCUT2D eigenvalue weighted by molar-refractivity contribution is 9.10. The smallest absolute Gasteiger partial charge is 0.259 e. The molecule has 1 aromatic rings. The maximum atomic E-state index is 10.8. The van der Waals surface area contributed by atoms with Gasteiger partial charge < -0.3 is 5.21 Å². The van der Waals surface area contributed by atoms with E-state index >= 15 is 0 Å². The Kier molecular flexibility index (Phi) is 3.68. The molecule has 0 aromatic carbocycles. The molecule has 0 amide bonds. The summed E-state index contributed by atoms with van der Waals surface area (Å²) in [6, 6.07) is 5.30. The van der Waals surface area contributed by atoms with Gasteiger partial charge in [-0.2, -0.15) is 4.73 Å². The molecule has 1 heterocycles. The Morgan fingerprint density at radius 1 is 1.50 bits per heavy atom. The van der Waals surface area contributed by atoms with E-state index in [2.05, 4.69) is 15.9 Å². The molecule has 1 aromatic heterocycles. The molecule has 0 saturated carbocycles. The highest BCUT2D eigenvalue weighted by atomic mass is 79.9. The zero-order valence-corrected chi connectivity index (χ0v) is 7.78. The summed E-state index contributed by atoms with van der Waals surface area (Å²) >= 11 is 3.10. The number of pyridine rings is 1. The van der Waals surface area contributed by atoms with Crippen LogP contribution < -0.4 is 4.73 Å². The van der Waals surface area contributed by atoms with E-state index in [0.29, 0.717) is 10.3 Å². The maximum absolute atomic E-state index is 10.8. The van der Waals surface area contributed by atoms with Gasteiger partial charge in [-0.25, -0.2) is 0 Å². The van der Waals surface area contributed by atoms with Crippen LogP contribution in [0.1, 0.15) is 5.69 Å². The first kappa shape index (κ1) is 9.72. The zero-order chi connectivity index (χ0) is 6.85. The summed E-state index contributed by atoms with van der Waals surface area (Å²) in [5.41, 5.74) is 0.698. The number of aryl methyl sites for hydroxylation is 1. The third-order valence-electron chi connectivity index (χ3n) is 1.09. The van der Waals surface area contributed by atoms with Gasteiger partial charge in [0.15, 0.2) is 5.69 Å². The quantitative estimate of drug-likeness (QED) is 0.375. The Hall–Kier alpha value is -0.280. The van der Waals surface area contributed by atoms with Crippen molar-refractivity contribution in [1.82, 2.24) is 0 Å². The molecular weight excluding hydrogens is 217 g/mol. The van der Waals surface area contributed by atoms with Gasteiger partial charge in [0.05, 0.1) is 0 Å². The molecule has 56 valence electrons. The van der Waals surface area contributed by atoms with Crippen molar-refractivity contribution < 1.29 is 4.73 Å². The predicted octanol–water partition coefficient (Wildman–Crippen LogP) is 1.81. The van der Waals surface area contributed by atoms with Crippen molar-refractivity contribution in [2.45, 2.75) is 6.92 Å². The highest BCUT2D eigenvalue weighted by Gasteiger charge is 2.00. The van der Waals surface area contributed by atoms with Crippen molar-refractivity contribution in [3.63, 3.8) is 0 Å². The molecule has 1 rings (SSSR count). The van der Waals surface area contributed by atoms with Crippen LogP contribution in [0.5, 0.6) is 0 Å². The highest BCUT2D eigenvalue weighted by Crippen LogP contribution is 2.01. The Bertz CT molecular complexity index is 209. The van der Waals surface area contributed by atoms with Crippen LogP contribution in [-0.2, 0) is 0 Å². The second-order valence-electron chi connectivity index (χ2n) is 1.78. The molecule has 2 nitrogen and oxygen atoms in total. The first-order valence-corrected chi connectivity index (χ1v) is 3.36. The first-order valence-electron chi connectivity index (χ1n) is 2.56. The Labute approximate surface area is 74.0 Å². The fourth-order valence-corrected chi connectivity index (χ4v) is 1.00. The summed E-state index contributed by atoms with van der Waals surface area (Å²) in [7, 11) is 0. The summed E-state index contributed by atoms with van der Waals surface area (Å²) in [6.45, 7) is 1.76. The minimum Gasteiger partial charge on any atom is -0.618 e. The van der Waals surface area contributed by atoms with Gasteiger partial charge in [-0.1, -0.05) is 0 Å². The van der Waals surface area contributed by atoms with Gasteiger partial charge in [-0.05, 0) is 6.07 Å². The third-order valence-corrected chi connectivity index (χ3v) is 1.67. The van der Waals surface area contributed by atoms with Gasteiger partial charge >= 0.3 is 0 Å². The standard InChI is InChI=1S/C6H6BrNO.ClH/c1-5-3-2-4-6(7)8(5)9;/h2-4H,1H3;1H. The topological polar surface area (TPSA) is 26.9 Å². The zero-order valence-electron chi connectivity index (χ0n) is 5.37. The lowest BCUT2D eigenvalue weighted by Gasteiger charge is -1.99. The number of hydrogen-bond donors (Lipinski definition) is 0. The lowest BCUT2D eigenvalue weighted by molar-refractivity contribution is -0.624. The van der Waals surface area contributed by atoms with Crippen molar-refractivity contribution in [1.29, 1.82) is 0 Å². The van der Waals surface area contributed by atoms with E-state index in [1.807, 2.05) is 6.07 Å². The number of aromatic nitrogens is 1. The number of rotatable bonds is 0. The molecule has 0 saturated heterocycles. The molecule has 0 spiro atoms. The molecule has 10 heavy (non-hydrogen) atoms. The Morgan fingerprint density at radius 3 is 2.50 bits per heavy atom. The van der Waals surface area contributed by atoms with Gasteiger partial charge in [-0.3, -0.25) is 0 Å². The van der Waals surface area contributed by atoms with Crippen molar-refractivity contribution in [2.24, 2.45) is 0 Å². The summed E-state index contributed by atoms with van der Waals surface area (Å²) in [4.78, 5) is 0. The van der Waals surface area contributed by atoms with Gasteiger partial charge in [0.2, 0.25) is 0 Å². The summed E-state index contributed by atoms with van der Waals surface area (Å²) < 4.78 is 1.39. The van der Waals surface area contributed by atoms with Gasteiger partial charge in [0.1, 0.15) is 0 Å². The van der Waals surface area contributed by atoms with E-state index in [4.69, 9.17) is 0 Å². The molecule has 0 aliphatic rings. The van der Waals surface area contributed by atoms with Crippen LogP contribution >= 0.6 is 28.3 Å². The molecular formula is C6H7BrClNO. The Morgan fingerprint density at radius 2 is 2.10 bits per heavy atom. The van der Waals surface area contributed by atoms with Crippen molar-refractivity contribution in [3.05, 3.63) is 33.7 Å². The number of hydrogen-bond acceptors (Lipinski definition) is 1. The van der Waals surface area contributed by atoms with E-state index in [0.717, 1.165) is 4.73 Å². The molecule has 0 fully saturated rings. The van der Waals surface area contributed by atoms with Crippen molar-refractivity contribution in [2.75, 3.05) is 0 Å². The van der Waals surface area contributed by atoms with Crippen LogP contribution in [0.25, 0.3) is 0 Å². The van der Waals surface area contributed by atoms with E-state index < -0.39 is 0 Å². The summed E-state index contributed by atoms with van der Waals surface area (Å²) in [5.74, 6) is 0. The van der Waals surface area contributed by atoms with E-state index in [-0.39, 0.29) is 12.4 Å². The molecule has 0 radical (unpaired) electrons. The van der Waals surface area contributed by atoms with E-state index in [1.54, 1.807) is 19.1 Å². The fourth-order valence-electron chi connectivity index (χ4n) is 0.571. The molecule has 0 bridgehead atoms. The minimum atomic E-state index is 0. The van der Waals surface area contributed by atoms with Gasteiger partial charge in [-0.15, -0.1) is 12.4 Å². The largest absolute Gasteiger partial charge is 0.618 e. The third kappa shape index (κ3) is 1.85. The minimum absolute atomic E-state index is 0. The summed E-state index contributed by atoms with van der Waals surface area (Å²) in [6.07, 6.45) is 0. The second-order valence-corrected chi connectivity index (χ2v) is 2.60. The normalized spacial score (nSPS) is 8.60. The van der Waals surface area contributed by atoms with Crippen molar-refractivity contribution in [3.8, 4) is 0 Å². The predicted molar refractivity (Wildman–Crippen MR) is 45.1 cm³/mol. The monoisotopic (exact) mass is 223 g/mol. The van der Waals surface area contributed by atoms with Gasteiger partial charge in [0, 0.05) is 35.0 Å². The van der Waals surface area contributed by atoms with Crippen LogP contribution in [0, 0.1) is 12.1 Å².